The summed E-state index contributed by atoms with van der Waals surface area (Å²) in [5.74, 6) is 0.0509. The van der Waals surface area contributed by atoms with Gasteiger partial charge in [-0.25, -0.2) is 0 Å². The van der Waals surface area contributed by atoms with Gasteiger partial charge in [0.15, 0.2) is 0 Å². The molecule has 3 nitrogen and oxygen atoms in total. The summed E-state index contributed by atoms with van der Waals surface area (Å²) in [5, 5.41) is 5.42. The van der Waals surface area contributed by atoms with Crippen molar-refractivity contribution in [1.82, 2.24) is 4.57 Å². The molecule has 3 aromatic carbocycles. The van der Waals surface area contributed by atoms with Crippen molar-refractivity contribution in [1.29, 1.82) is 0 Å². The zero-order chi connectivity index (χ0) is 19.5. The molecule has 4 rings (SSSR count). The first-order valence-electron chi connectivity index (χ1n) is 9.74. The number of aromatic nitrogens is 1. The Hall–Kier alpha value is -2.72. The van der Waals surface area contributed by atoms with Gasteiger partial charge in [0.2, 0.25) is 5.91 Å². The summed E-state index contributed by atoms with van der Waals surface area (Å²) in [6, 6.07) is 24.8. The third-order valence-electron chi connectivity index (χ3n) is 5.04. The number of aryl methyl sites for hydroxylation is 1. The Bertz CT molecular complexity index is 1120. The zero-order valence-corrected chi connectivity index (χ0v) is 17.0. The van der Waals surface area contributed by atoms with Crippen LogP contribution in [-0.2, 0) is 11.3 Å². The van der Waals surface area contributed by atoms with Crippen molar-refractivity contribution in [3.8, 4) is 0 Å². The Labute approximate surface area is 169 Å². The van der Waals surface area contributed by atoms with Crippen molar-refractivity contribution < 1.29 is 4.79 Å². The Balaban J connectivity index is 1.62. The van der Waals surface area contributed by atoms with Crippen LogP contribution in [0.25, 0.3) is 21.8 Å². The smallest absolute Gasteiger partial charge is 0.237 e. The molecule has 0 aliphatic rings. The first kappa shape index (κ1) is 18.6. The maximum atomic E-state index is 12.9. The lowest BCUT2D eigenvalue weighted by atomic mass is 10.1. The highest BCUT2D eigenvalue weighted by Crippen LogP contribution is 2.32. The van der Waals surface area contributed by atoms with Gasteiger partial charge >= 0.3 is 0 Å². The second-order valence-electron chi connectivity index (χ2n) is 6.81. The lowest BCUT2D eigenvalue weighted by molar-refractivity contribution is -0.115. The molecule has 4 aromatic rings. The van der Waals surface area contributed by atoms with Crippen LogP contribution in [0.4, 0.5) is 5.69 Å². The first-order valence-corrected chi connectivity index (χ1v) is 10.6. The van der Waals surface area contributed by atoms with E-state index in [-0.39, 0.29) is 11.2 Å². The van der Waals surface area contributed by atoms with Gasteiger partial charge in [0.1, 0.15) is 0 Å². The number of rotatable bonds is 6. The van der Waals surface area contributed by atoms with E-state index in [2.05, 4.69) is 60.1 Å². The summed E-state index contributed by atoms with van der Waals surface area (Å²) >= 11 is 1.61. The maximum Gasteiger partial charge on any atom is 0.237 e. The van der Waals surface area contributed by atoms with Crippen LogP contribution in [-0.4, -0.2) is 15.7 Å². The highest BCUT2D eigenvalue weighted by Gasteiger charge is 2.18. The van der Waals surface area contributed by atoms with E-state index < -0.39 is 0 Å². The second kappa shape index (κ2) is 8.11. The number of thioether (sulfide) groups is 1. The lowest BCUT2D eigenvalue weighted by Gasteiger charge is -2.15. The van der Waals surface area contributed by atoms with E-state index in [0.717, 1.165) is 23.5 Å². The monoisotopic (exact) mass is 388 g/mol. The van der Waals surface area contributed by atoms with Gasteiger partial charge in [0.05, 0.1) is 5.25 Å². The summed E-state index contributed by atoms with van der Waals surface area (Å²) in [6.45, 7) is 5.13. The number of fused-ring (bicyclic) bond motifs is 3. The average molecular weight is 389 g/mol. The van der Waals surface area contributed by atoms with Gasteiger partial charge in [-0.15, -0.1) is 11.8 Å². The standard InChI is InChI=1S/C24H24N2OS/c1-3-23(28-18-10-6-5-7-11-18)24(27)25-17-14-15-22-20(16-17)19-12-8-9-13-21(19)26(22)4-2/h5-16,23H,3-4H2,1-2H3,(H,25,27). The largest absolute Gasteiger partial charge is 0.341 e. The summed E-state index contributed by atoms with van der Waals surface area (Å²) in [7, 11) is 0. The van der Waals surface area contributed by atoms with Gasteiger partial charge < -0.3 is 9.88 Å². The number of carbonyl (C=O) groups excluding carboxylic acids is 1. The molecule has 142 valence electrons. The molecule has 0 aliphatic carbocycles. The molecule has 1 N–H and O–H groups in total. The molecule has 1 atom stereocenters. The quantitative estimate of drug-likeness (QED) is 0.392. The molecule has 1 amide bonds. The second-order valence-corrected chi connectivity index (χ2v) is 8.09. The fourth-order valence-electron chi connectivity index (χ4n) is 3.68. The predicted molar refractivity (Wildman–Crippen MR) is 120 cm³/mol. The molecule has 0 saturated carbocycles. The van der Waals surface area contributed by atoms with Gasteiger partial charge in [0.25, 0.3) is 0 Å². The van der Waals surface area contributed by atoms with Gasteiger partial charge in [-0.1, -0.05) is 43.3 Å². The topological polar surface area (TPSA) is 34.0 Å². The van der Waals surface area contributed by atoms with Crippen molar-refractivity contribution in [3.05, 3.63) is 72.8 Å². The molecule has 1 aromatic heterocycles. The van der Waals surface area contributed by atoms with Gasteiger partial charge in [-0.2, -0.15) is 0 Å². The SMILES string of the molecule is CCC(Sc1ccccc1)C(=O)Nc1ccc2c(c1)c1ccccc1n2CC. The molecule has 0 saturated heterocycles. The molecule has 0 aliphatic heterocycles. The summed E-state index contributed by atoms with van der Waals surface area (Å²) in [4.78, 5) is 14.0. The minimum atomic E-state index is -0.116. The van der Waals surface area contributed by atoms with E-state index in [1.165, 1.54) is 21.8 Å². The van der Waals surface area contributed by atoms with E-state index >= 15 is 0 Å². The van der Waals surface area contributed by atoms with Crippen molar-refractivity contribution in [3.63, 3.8) is 0 Å². The lowest BCUT2D eigenvalue weighted by Crippen LogP contribution is -2.24. The van der Waals surface area contributed by atoms with Crippen LogP contribution < -0.4 is 5.32 Å². The predicted octanol–water partition coefficient (Wildman–Crippen LogP) is 6.32. The summed E-state index contributed by atoms with van der Waals surface area (Å²) in [5.41, 5.74) is 3.28. The molecular weight excluding hydrogens is 364 g/mol. The van der Waals surface area contributed by atoms with Crippen LogP contribution in [0.3, 0.4) is 0 Å². The third kappa shape index (κ3) is 3.52. The molecule has 1 heterocycles. The minimum absolute atomic E-state index is 0.0509. The molecular formula is C24H24N2OS. The Morgan fingerprint density at radius 1 is 0.929 bits per heavy atom. The first-order chi connectivity index (χ1) is 13.7. The Kier molecular flexibility index (Phi) is 5.40. The highest BCUT2D eigenvalue weighted by molar-refractivity contribution is 8.00. The van der Waals surface area contributed by atoms with Crippen LogP contribution in [0.15, 0.2) is 77.7 Å². The number of amides is 1. The van der Waals surface area contributed by atoms with Gasteiger partial charge in [0, 0.05) is 38.9 Å². The molecule has 4 heteroatoms. The number of anilines is 1. The van der Waals surface area contributed by atoms with Crippen LogP contribution >= 0.6 is 11.8 Å². The van der Waals surface area contributed by atoms with Crippen molar-refractivity contribution in [2.24, 2.45) is 0 Å². The van der Waals surface area contributed by atoms with Crippen molar-refractivity contribution in [2.45, 2.75) is 37.0 Å². The number of nitrogens with one attached hydrogen (secondary N) is 1. The van der Waals surface area contributed by atoms with Gasteiger partial charge in [-0.3, -0.25) is 4.79 Å². The Morgan fingerprint density at radius 3 is 2.39 bits per heavy atom. The van der Waals surface area contributed by atoms with Crippen LogP contribution in [0, 0.1) is 0 Å². The number of nitrogens with zero attached hydrogens (tertiary/aromatic N) is 1. The normalized spacial score (nSPS) is 12.4. The molecule has 0 fully saturated rings. The molecule has 0 radical (unpaired) electrons. The summed E-state index contributed by atoms with van der Waals surface area (Å²) in [6.07, 6.45) is 0.781. The minimum Gasteiger partial charge on any atom is -0.341 e. The molecule has 1 unspecified atom stereocenters. The van der Waals surface area contributed by atoms with E-state index in [9.17, 15) is 4.79 Å². The highest BCUT2D eigenvalue weighted by atomic mass is 32.2. The molecule has 0 bridgehead atoms. The van der Waals surface area contributed by atoms with Crippen LogP contribution in [0.1, 0.15) is 20.3 Å². The van der Waals surface area contributed by atoms with Crippen LogP contribution in [0.5, 0.6) is 0 Å². The Morgan fingerprint density at radius 2 is 1.64 bits per heavy atom. The maximum absolute atomic E-state index is 12.9. The number of hydrogen-bond acceptors (Lipinski definition) is 2. The number of para-hydroxylation sites is 1. The van der Waals surface area contributed by atoms with E-state index in [4.69, 9.17) is 0 Å². The van der Waals surface area contributed by atoms with Gasteiger partial charge in [-0.05, 0) is 49.7 Å². The summed E-state index contributed by atoms with van der Waals surface area (Å²) < 4.78 is 2.32. The average Bonchev–Trinajstić information content (AvgIpc) is 3.05. The number of hydrogen-bond donors (Lipinski definition) is 1. The van der Waals surface area contributed by atoms with E-state index in [1.807, 2.05) is 36.4 Å². The fraction of sp³-hybridized carbons (Fsp3) is 0.208. The molecule has 0 spiro atoms. The van der Waals surface area contributed by atoms with Crippen molar-refractivity contribution >= 4 is 45.2 Å². The van der Waals surface area contributed by atoms with E-state index in [1.54, 1.807) is 11.8 Å². The van der Waals surface area contributed by atoms with E-state index in [0.29, 0.717) is 0 Å². The fourth-order valence-corrected chi connectivity index (χ4v) is 4.66. The number of carbonyl (C=O) groups is 1. The zero-order valence-electron chi connectivity index (χ0n) is 16.2. The number of benzene rings is 3. The van der Waals surface area contributed by atoms with Crippen molar-refractivity contribution in [2.75, 3.05) is 5.32 Å². The molecule has 28 heavy (non-hydrogen) atoms. The third-order valence-corrected chi connectivity index (χ3v) is 6.42. The van der Waals surface area contributed by atoms with Crippen LogP contribution in [0.2, 0.25) is 0 Å².